The van der Waals surface area contributed by atoms with Crippen LogP contribution in [-0.2, 0) is 0 Å². The minimum Gasteiger partial charge on any atom is -0.352 e. The third-order valence-electron chi connectivity index (χ3n) is 3.04. The number of unbranched alkanes of at least 4 members (excludes halogenated alkanes) is 3. The lowest BCUT2D eigenvalue weighted by atomic mass is 10.0. The molecular weight excluding hydrogens is 279 g/mol. The highest BCUT2D eigenvalue weighted by Gasteiger charge is 2.11. The molecular formula is C15H22ClFN2O. The fourth-order valence-corrected chi connectivity index (χ4v) is 2.10. The van der Waals surface area contributed by atoms with E-state index in [4.69, 9.17) is 11.6 Å². The van der Waals surface area contributed by atoms with Crippen molar-refractivity contribution in [3.63, 3.8) is 0 Å². The van der Waals surface area contributed by atoms with Gasteiger partial charge in [-0.05, 0) is 18.4 Å². The van der Waals surface area contributed by atoms with Crippen molar-refractivity contribution in [2.24, 2.45) is 5.92 Å². The molecule has 0 saturated carbocycles. The van der Waals surface area contributed by atoms with Crippen molar-refractivity contribution in [3.05, 3.63) is 28.8 Å². The number of hydrogen-bond acceptors (Lipinski definition) is 2. The summed E-state index contributed by atoms with van der Waals surface area (Å²) in [5, 5.41) is 2.77. The summed E-state index contributed by atoms with van der Waals surface area (Å²) in [6.07, 6.45) is 6.65. The van der Waals surface area contributed by atoms with E-state index in [-0.39, 0.29) is 16.6 Å². The summed E-state index contributed by atoms with van der Waals surface area (Å²) < 4.78 is 13.0. The number of pyridine rings is 1. The Bertz CT molecular complexity index is 438. The van der Waals surface area contributed by atoms with Crippen LogP contribution in [0.1, 0.15) is 56.3 Å². The minimum atomic E-state index is -0.562. The van der Waals surface area contributed by atoms with Crippen LogP contribution in [0.3, 0.4) is 0 Å². The average Bonchev–Trinajstić information content (AvgIpc) is 2.39. The van der Waals surface area contributed by atoms with E-state index in [2.05, 4.69) is 24.1 Å². The van der Waals surface area contributed by atoms with E-state index >= 15 is 0 Å². The van der Waals surface area contributed by atoms with Gasteiger partial charge in [-0.15, -0.1) is 0 Å². The highest BCUT2D eigenvalue weighted by atomic mass is 35.5. The van der Waals surface area contributed by atoms with Crippen molar-refractivity contribution in [3.8, 4) is 0 Å². The Labute approximate surface area is 124 Å². The standard InChI is InChI=1S/C15H22ClFN2O/c1-11(2)7-5-3-4-6-8-18-15(20)13-9-12(17)10-19-14(13)16/h9-11H,3-8H2,1-2H3,(H,18,20). The monoisotopic (exact) mass is 300 g/mol. The van der Waals surface area contributed by atoms with Crippen LogP contribution in [0.4, 0.5) is 4.39 Å². The molecule has 0 unspecified atom stereocenters. The zero-order valence-corrected chi connectivity index (χ0v) is 12.8. The van der Waals surface area contributed by atoms with Crippen LogP contribution >= 0.6 is 11.6 Å². The molecule has 5 heteroatoms. The zero-order chi connectivity index (χ0) is 15.0. The summed E-state index contributed by atoms with van der Waals surface area (Å²) >= 11 is 5.76. The molecule has 1 N–H and O–H groups in total. The predicted molar refractivity (Wildman–Crippen MR) is 79.5 cm³/mol. The highest BCUT2D eigenvalue weighted by Crippen LogP contribution is 2.13. The number of halogens is 2. The Balaban J connectivity index is 2.22. The highest BCUT2D eigenvalue weighted by molar-refractivity contribution is 6.32. The van der Waals surface area contributed by atoms with Gasteiger partial charge in [0, 0.05) is 6.54 Å². The Morgan fingerprint density at radius 1 is 1.35 bits per heavy atom. The molecule has 112 valence electrons. The molecule has 0 aliphatic carbocycles. The summed E-state index contributed by atoms with van der Waals surface area (Å²) in [4.78, 5) is 15.4. The molecule has 1 rings (SSSR count). The van der Waals surface area contributed by atoms with Crippen LogP contribution < -0.4 is 5.32 Å². The van der Waals surface area contributed by atoms with Crippen molar-refractivity contribution in [2.45, 2.75) is 46.0 Å². The molecule has 0 fully saturated rings. The van der Waals surface area contributed by atoms with Gasteiger partial charge in [0.2, 0.25) is 0 Å². The molecule has 1 aromatic rings. The molecule has 0 bridgehead atoms. The van der Waals surface area contributed by atoms with Crippen molar-refractivity contribution in [1.29, 1.82) is 0 Å². The predicted octanol–water partition coefficient (Wildman–Crippen LogP) is 4.21. The topological polar surface area (TPSA) is 42.0 Å². The summed E-state index contributed by atoms with van der Waals surface area (Å²) in [7, 11) is 0. The first-order chi connectivity index (χ1) is 9.50. The van der Waals surface area contributed by atoms with Gasteiger partial charge in [0.1, 0.15) is 11.0 Å². The third-order valence-corrected chi connectivity index (χ3v) is 3.35. The number of nitrogens with zero attached hydrogens (tertiary/aromatic N) is 1. The van der Waals surface area contributed by atoms with E-state index < -0.39 is 5.82 Å². The Morgan fingerprint density at radius 2 is 2.05 bits per heavy atom. The van der Waals surface area contributed by atoms with Crippen molar-refractivity contribution in [2.75, 3.05) is 6.54 Å². The average molecular weight is 301 g/mol. The molecule has 1 amide bonds. The maximum Gasteiger partial charge on any atom is 0.254 e. The molecule has 0 aromatic carbocycles. The van der Waals surface area contributed by atoms with Crippen LogP contribution in [0.25, 0.3) is 0 Å². The van der Waals surface area contributed by atoms with Gasteiger partial charge in [0.25, 0.3) is 5.91 Å². The van der Waals surface area contributed by atoms with Gasteiger partial charge >= 0.3 is 0 Å². The Morgan fingerprint density at radius 3 is 2.75 bits per heavy atom. The maximum atomic E-state index is 13.0. The molecule has 1 heterocycles. The second-order valence-corrected chi connectivity index (χ2v) is 5.70. The molecule has 20 heavy (non-hydrogen) atoms. The SMILES string of the molecule is CC(C)CCCCCCNC(=O)c1cc(F)cnc1Cl. The van der Waals surface area contributed by atoms with E-state index in [1.807, 2.05) is 0 Å². The van der Waals surface area contributed by atoms with Gasteiger partial charge < -0.3 is 5.32 Å². The molecule has 0 aliphatic rings. The van der Waals surface area contributed by atoms with Crippen molar-refractivity contribution in [1.82, 2.24) is 10.3 Å². The fourth-order valence-electron chi connectivity index (χ4n) is 1.91. The maximum absolute atomic E-state index is 13.0. The first-order valence-corrected chi connectivity index (χ1v) is 7.47. The molecule has 0 saturated heterocycles. The van der Waals surface area contributed by atoms with E-state index in [1.165, 1.54) is 19.3 Å². The minimum absolute atomic E-state index is 0.0285. The molecule has 0 atom stereocenters. The van der Waals surface area contributed by atoms with E-state index in [9.17, 15) is 9.18 Å². The first-order valence-electron chi connectivity index (χ1n) is 7.10. The zero-order valence-electron chi connectivity index (χ0n) is 12.1. The molecule has 0 spiro atoms. The lowest BCUT2D eigenvalue weighted by Gasteiger charge is -2.07. The van der Waals surface area contributed by atoms with Crippen molar-refractivity contribution >= 4 is 17.5 Å². The van der Waals surface area contributed by atoms with E-state index in [0.29, 0.717) is 6.54 Å². The number of hydrogen-bond donors (Lipinski definition) is 1. The quantitative estimate of drug-likeness (QED) is 0.577. The molecule has 0 aliphatic heterocycles. The lowest BCUT2D eigenvalue weighted by molar-refractivity contribution is 0.0952. The number of carbonyl (C=O) groups is 1. The summed E-state index contributed by atoms with van der Waals surface area (Å²) in [5.41, 5.74) is 0.0893. The number of amides is 1. The third kappa shape index (κ3) is 6.33. The first kappa shape index (κ1) is 16.9. The number of nitrogens with one attached hydrogen (secondary N) is 1. The smallest absolute Gasteiger partial charge is 0.254 e. The van der Waals surface area contributed by atoms with Crippen molar-refractivity contribution < 1.29 is 9.18 Å². The van der Waals surface area contributed by atoms with Gasteiger partial charge in [0.05, 0.1) is 11.8 Å². The largest absolute Gasteiger partial charge is 0.352 e. The number of carbonyl (C=O) groups excluding carboxylic acids is 1. The van der Waals surface area contributed by atoms with Crippen LogP contribution in [-0.4, -0.2) is 17.4 Å². The van der Waals surface area contributed by atoms with Gasteiger partial charge in [-0.3, -0.25) is 4.79 Å². The van der Waals surface area contributed by atoms with Gasteiger partial charge in [-0.2, -0.15) is 0 Å². The summed E-state index contributed by atoms with van der Waals surface area (Å²) in [6, 6.07) is 1.10. The number of rotatable bonds is 8. The van der Waals surface area contributed by atoms with E-state index in [0.717, 1.165) is 31.0 Å². The number of aromatic nitrogens is 1. The summed E-state index contributed by atoms with van der Waals surface area (Å²) in [6.45, 7) is 5.02. The second kappa shape index (κ2) is 8.90. The van der Waals surface area contributed by atoms with E-state index in [1.54, 1.807) is 0 Å². The van der Waals surface area contributed by atoms with Crippen LogP contribution in [0.2, 0.25) is 5.15 Å². The normalized spacial score (nSPS) is 10.8. The van der Waals surface area contributed by atoms with Crippen LogP contribution in [0, 0.1) is 11.7 Å². The Hall–Kier alpha value is -1.16. The fraction of sp³-hybridized carbons (Fsp3) is 0.600. The molecule has 1 aromatic heterocycles. The summed E-state index contributed by atoms with van der Waals surface area (Å²) in [5.74, 6) is -0.185. The molecule has 0 radical (unpaired) electrons. The van der Waals surface area contributed by atoms with Gasteiger partial charge in [-0.25, -0.2) is 9.37 Å². The second-order valence-electron chi connectivity index (χ2n) is 5.34. The van der Waals surface area contributed by atoms with Gasteiger partial charge in [-0.1, -0.05) is 51.1 Å². The van der Waals surface area contributed by atoms with Gasteiger partial charge in [0.15, 0.2) is 0 Å². The van der Waals surface area contributed by atoms with Crippen LogP contribution in [0.15, 0.2) is 12.3 Å². The Kier molecular flexibility index (Phi) is 7.52. The lowest BCUT2D eigenvalue weighted by Crippen LogP contribution is -2.25. The van der Waals surface area contributed by atoms with Crippen LogP contribution in [0.5, 0.6) is 0 Å². The molecule has 3 nitrogen and oxygen atoms in total.